The molecule has 1 fully saturated rings. The van der Waals surface area contributed by atoms with Gasteiger partial charge in [0.25, 0.3) is 10.1 Å². The maximum atomic E-state index is 12.1. The van der Waals surface area contributed by atoms with Crippen molar-refractivity contribution in [2.45, 2.75) is 47.2 Å². The van der Waals surface area contributed by atoms with E-state index >= 15 is 0 Å². The quantitative estimate of drug-likeness (QED) is 0.484. The molecule has 0 heterocycles. The SMILES string of the molecule is Cc1ccc(S(=O)(=O)O[C@@H]2CCC[C@H](I)[C@H]2O)cc1. The molecule has 1 N–H and O–H groups in total. The van der Waals surface area contributed by atoms with Crippen LogP contribution in [0, 0.1) is 6.92 Å². The van der Waals surface area contributed by atoms with Gasteiger partial charge in [0, 0.05) is 3.92 Å². The average molecular weight is 396 g/mol. The average Bonchev–Trinajstić information content (AvgIpc) is 2.35. The minimum atomic E-state index is -3.80. The smallest absolute Gasteiger partial charge is 0.297 e. The fourth-order valence-electron chi connectivity index (χ4n) is 2.12. The summed E-state index contributed by atoms with van der Waals surface area (Å²) >= 11 is 2.14. The van der Waals surface area contributed by atoms with Crippen LogP contribution in [0.3, 0.4) is 0 Å². The molecule has 0 unspecified atom stereocenters. The number of aryl methyl sites for hydroxylation is 1. The molecule has 19 heavy (non-hydrogen) atoms. The summed E-state index contributed by atoms with van der Waals surface area (Å²) in [7, 11) is -3.80. The third-order valence-corrected chi connectivity index (χ3v) is 5.99. The van der Waals surface area contributed by atoms with Crippen LogP contribution in [0.5, 0.6) is 0 Å². The summed E-state index contributed by atoms with van der Waals surface area (Å²) < 4.78 is 29.5. The topological polar surface area (TPSA) is 63.6 Å². The molecule has 106 valence electrons. The lowest BCUT2D eigenvalue weighted by Crippen LogP contribution is -2.40. The third kappa shape index (κ3) is 3.68. The third-order valence-electron chi connectivity index (χ3n) is 3.28. The summed E-state index contributed by atoms with van der Waals surface area (Å²) in [6.45, 7) is 1.89. The number of benzene rings is 1. The van der Waals surface area contributed by atoms with E-state index in [0.717, 1.165) is 18.4 Å². The summed E-state index contributed by atoms with van der Waals surface area (Å²) in [4.78, 5) is 0.140. The number of aliphatic hydroxyl groups excluding tert-OH is 1. The Bertz CT molecular complexity index is 526. The number of rotatable bonds is 3. The summed E-state index contributed by atoms with van der Waals surface area (Å²) in [5.41, 5.74) is 0.990. The maximum Gasteiger partial charge on any atom is 0.297 e. The molecule has 0 amide bonds. The zero-order valence-electron chi connectivity index (χ0n) is 10.6. The number of hydrogen-bond donors (Lipinski definition) is 1. The fourth-order valence-corrected chi connectivity index (χ4v) is 4.14. The molecule has 1 aliphatic rings. The molecule has 0 spiro atoms. The van der Waals surface area contributed by atoms with Crippen molar-refractivity contribution in [3.05, 3.63) is 29.8 Å². The van der Waals surface area contributed by atoms with E-state index in [1.807, 2.05) is 6.92 Å². The van der Waals surface area contributed by atoms with E-state index in [9.17, 15) is 13.5 Å². The number of alkyl halides is 1. The molecule has 1 aromatic rings. The van der Waals surface area contributed by atoms with Crippen LogP contribution < -0.4 is 0 Å². The van der Waals surface area contributed by atoms with Gasteiger partial charge in [0.05, 0.1) is 11.0 Å². The van der Waals surface area contributed by atoms with Crippen LogP contribution in [0.4, 0.5) is 0 Å². The van der Waals surface area contributed by atoms with Gasteiger partial charge in [-0.1, -0.05) is 40.3 Å². The highest BCUT2D eigenvalue weighted by Crippen LogP contribution is 2.29. The van der Waals surface area contributed by atoms with Crippen molar-refractivity contribution in [2.75, 3.05) is 0 Å². The van der Waals surface area contributed by atoms with Crippen LogP contribution in [0.2, 0.25) is 0 Å². The van der Waals surface area contributed by atoms with Gasteiger partial charge >= 0.3 is 0 Å². The molecule has 2 rings (SSSR count). The van der Waals surface area contributed by atoms with Crippen LogP contribution in [-0.4, -0.2) is 29.7 Å². The van der Waals surface area contributed by atoms with Gasteiger partial charge in [-0.05, 0) is 38.3 Å². The largest absolute Gasteiger partial charge is 0.389 e. The van der Waals surface area contributed by atoms with Crippen LogP contribution >= 0.6 is 22.6 Å². The highest BCUT2D eigenvalue weighted by atomic mass is 127. The summed E-state index contributed by atoms with van der Waals surface area (Å²) in [6, 6.07) is 6.52. The van der Waals surface area contributed by atoms with E-state index in [4.69, 9.17) is 4.18 Å². The molecule has 1 saturated carbocycles. The Morgan fingerprint density at radius 2 is 1.89 bits per heavy atom. The van der Waals surface area contributed by atoms with Gasteiger partial charge < -0.3 is 5.11 Å². The number of hydrogen-bond acceptors (Lipinski definition) is 4. The predicted octanol–water partition coefficient (Wildman–Crippen LogP) is 2.42. The molecule has 4 nitrogen and oxygen atoms in total. The first kappa shape index (κ1) is 15.2. The van der Waals surface area contributed by atoms with Gasteiger partial charge in [-0.15, -0.1) is 0 Å². The van der Waals surface area contributed by atoms with Gasteiger partial charge in [0.15, 0.2) is 0 Å². The van der Waals surface area contributed by atoms with Gasteiger partial charge in [-0.3, -0.25) is 4.18 Å². The summed E-state index contributed by atoms with van der Waals surface area (Å²) in [5, 5.41) is 9.99. The van der Waals surface area contributed by atoms with Crippen molar-refractivity contribution in [3.63, 3.8) is 0 Å². The van der Waals surface area contributed by atoms with Gasteiger partial charge in [0.1, 0.15) is 6.10 Å². The van der Waals surface area contributed by atoms with Gasteiger partial charge in [-0.2, -0.15) is 8.42 Å². The predicted molar refractivity (Wildman–Crippen MR) is 80.9 cm³/mol. The minimum absolute atomic E-state index is 0.0459. The van der Waals surface area contributed by atoms with Gasteiger partial charge in [-0.25, -0.2) is 0 Å². The molecule has 1 aliphatic carbocycles. The zero-order valence-corrected chi connectivity index (χ0v) is 13.6. The monoisotopic (exact) mass is 396 g/mol. The first-order valence-electron chi connectivity index (χ1n) is 6.22. The Labute approximate surface area is 127 Å². The summed E-state index contributed by atoms with van der Waals surface area (Å²) in [6.07, 6.45) is 0.980. The van der Waals surface area contributed by atoms with Gasteiger partial charge in [0.2, 0.25) is 0 Å². The van der Waals surface area contributed by atoms with Crippen molar-refractivity contribution < 1.29 is 17.7 Å². The Hall–Kier alpha value is -0.180. The molecule has 3 atom stereocenters. The molecule has 6 heteroatoms. The molecule has 0 aliphatic heterocycles. The molecular formula is C13H17IO4S. The lowest BCUT2D eigenvalue weighted by atomic mass is 9.95. The highest BCUT2D eigenvalue weighted by molar-refractivity contribution is 14.1. The second-order valence-corrected chi connectivity index (χ2v) is 8.01. The lowest BCUT2D eigenvalue weighted by molar-refractivity contribution is 0.0184. The second kappa shape index (κ2) is 6.07. The van der Waals surface area contributed by atoms with Crippen molar-refractivity contribution >= 4 is 32.7 Å². The Morgan fingerprint density at radius 1 is 1.26 bits per heavy atom. The first-order chi connectivity index (χ1) is 8.90. The number of aliphatic hydroxyl groups is 1. The van der Waals surface area contributed by atoms with Crippen molar-refractivity contribution in [1.82, 2.24) is 0 Å². The van der Waals surface area contributed by atoms with E-state index in [1.165, 1.54) is 12.1 Å². The zero-order chi connectivity index (χ0) is 14.0. The standard InChI is InChI=1S/C13H17IO4S/c1-9-5-7-10(8-6-9)19(16,17)18-12-4-2-3-11(14)13(12)15/h5-8,11-13,15H,2-4H2,1H3/t11-,12+,13+/m0/s1. The van der Waals surface area contributed by atoms with E-state index in [0.29, 0.717) is 6.42 Å². The molecule has 1 aromatic carbocycles. The van der Waals surface area contributed by atoms with E-state index < -0.39 is 22.3 Å². The van der Waals surface area contributed by atoms with Crippen molar-refractivity contribution in [3.8, 4) is 0 Å². The molecular weight excluding hydrogens is 379 g/mol. The normalized spacial score (nSPS) is 28.3. The first-order valence-corrected chi connectivity index (χ1v) is 8.87. The Balaban J connectivity index is 2.15. The second-order valence-electron chi connectivity index (χ2n) is 4.84. The highest BCUT2D eigenvalue weighted by Gasteiger charge is 2.34. The molecule has 0 radical (unpaired) electrons. The summed E-state index contributed by atoms with van der Waals surface area (Å²) in [5.74, 6) is 0. The van der Waals surface area contributed by atoms with Crippen LogP contribution in [-0.2, 0) is 14.3 Å². The lowest BCUT2D eigenvalue weighted by Gasteiger charge is -2.30. The minimum Gasteiger partial charge on any atom is -0.389 e. The number of halogens is 1. The fraction of sp³-hybridized carbons (Fsp3) is 0.538. The van der Waals surface area contributed by atoms with Crippen molar-refractivity contribution in [2.24, 2.45) is 0 Å². The Morgan fingerprint density at radius 3 is 2.53 bits per heavy atom. The van der Waals surface area contributed by atoms with Crippen LogP contribution in [0.25, 0.3) is 0 Å². The van der Waals surface area contributed by atoms with Crippen LogP contribution in [0.15, 0.2) is 29.2 Å². The molecule has 0 bridgehead atoms. The van der Waals surface area contributed by atoms with Crippen LogP contribution in [0.1, 0.15) is 24.8 Å². The van der Waals surface area contributed by atoms with E-state index in [-0.39, 0.29) is 8.82 Å². The van der Waals surface area contributed by atoms with E-state index in [1.54, 1.807) is 12.1 Å². The Kier molecular flexibility index (Phi) is 4.86. The van der Waals surface area contributed by atoms with E-state index in [2.05, 4.69) is 22.6 Å². The van der Waals surface area contributed by atoms with Crippen molar-refractivity contribution in [1.29, 1.82) is 0 Å². The molecule has 0 saturated heterocycles. The maximum absolute atomic E-state index is 12.1. The molecule has 0 aromatic heterocycles.